The van der Waals surface area contributed by atoms with Crippen LogP contribution in [-0.2, 0) is 66.5 Å². The average Bonchev–Trinajstić information content (AvgIpc) is 3.34. The number of allylic oxidation sites excluding steroid dienone is 2. The van der Waals surface area contributed by atoms with E-state index < -0.39 is 134 Å². The minimum absolute atomic E-state index is 0.0789. The van der Waals surface area contributed by atoms with E-state index in [9.17, 15) is 54.9 Å². The molecule has 73 heavy (non-hydrogen) atoms. The molecule has 7 aliphatic rings. The van der Waals surface area contributed by atoms with E-state index in [0.717, 1.165) is 59.9 Å². The molecule has 5 aliphatic carbocycles. The van der Waals surface area contributed by atoms with Gasteiger partial charge >= 0.3 is 23.9 Å². The SMILES string of the molecule is COC[C@@](O)(C(=O)OC)[C@H](OCC(=O)OC)O[C@@H]1[C@@H](O)[C@H](O[C@H]2CC[C@]3(C)[C@H]4CC=C5[C@@H]6CC(C)(C)CC[C@]6(C(=O)O[C@@H]6O[C@H](CO)[C@@H](O)[C@H](O)[C@H]6O)CC[C@@]5(C)[C@]4(C)CC[C@H]3C2(C)C)O[C@H](C(=O)OC)[C@H]1O. The van der Waals surface area contributed by atoms with Crippen LogP contribution in [0.2, 0.25) is 0 Å². The lowest BCUT2D eigenvalue weighted by Crippen LogP contribution is -2.67. The molecule has 0 bridgehead atoms. The van der Waals surface area contributed by atoms with Crippen LogP contribution < -0.4 is 0 Å². The fourth-order valence-corrected chi connectivity index (χ4v) is 15.1. The smallest absolute Gasteiger partial charge is 0.345 e. The van der Waals surface area contributed by atoms with Gasteiger partial charge in [0.25, 0.3) is 0 Å². The van der Waals surface area contributed by atoms with E-state index in [0.29, 0.717) is 25.7 Å². The lowest BCUT2D eigenvalue weighted by molar-refractivity contribution is -0.353. The molecule has 4 saturated carbocycles. The van der Waals surface area contributed by atoms with Crippen LogP contribution in [0.5, 0.6) is 0 Å². The molecule has 416 valence electrons. The van der Waals surface area contributed by atoms with Crippen LogP contribution in [0, 0.1) is 50.2 Å². The topological polar surface area (TPSA) is 302 Å². The van der Waals surface area contributed by atoms with Crippen LogP contribution in [0.4, 0.5) is 0 Å². The second kappa shape index (κ2) is 21.1. The number of carbonyl (C=O) groups excluding carboxylic acids is 4. The maximum absolute atomic E-state index is 14.7. The first-order chi connectivity index (χ1) is 34.1. The van der Waals surface area contributed by atoms with Crippen LogP contribution in [0.1, 0.15) is 113 Å². The molecule has 0 aromatic heterocycles. The van der Waals surface area contributed by atoms with Crippen molar-refractivity contribution in [2.75, 3.05) is 48.3 Å². The van der Waals surface area contributed by atoms with Crippen molar-refractivity contribution in [1.29, 1.82) is 0 Å². The largest absolute Gasteiger partial charge is 0.467 e. The van der Waals surface area contributed by atoms with Crippen molar-refractivity contribution in [3.8, 4) is 0 Å². The van der Waals surface area contributed by atoms with Gasteiger partial charge in [0.1, 0.15) is 49.3 Å². The molecule has 20 atom stereocenters. The number of fused-ring (bicyclic) bond motifs is 7. The first-order valence-electron chi connectivity index (χ1n) is 25.7. The highest BCUT2D eigenvalue weighted by Gasteiger charge is 2.70. The van der Waals surface area contributed by atoms with Gasteiger partial charge in [-0.1, -0.05) is 60.1 Å². The lowest BCUT2D eigenvalue weighted by Gasteiger charge is -2.71. The van der Waals surface area contributed by atoms with Gasteiger partial charge in [-0.05, 0) is 109 Å². The summed E-state index contributed by atoms with van der Waals surface area (Å²) in [5, 5.41) is 76.8. The monoisotopic (exact) mass is 1040 g/mol. The Balaban J connectivity index is 1.15. The number of hydrogen-bond acceptors (Lipinski definition) is 21. The minimum atomic E-state index is -2.76. The summed E-state index contributed by atoms with van der Waals surface area (Å²) in [6, 6.07) is 0. The third-order valence-corrected chi connectivity index (χ3v) is 19.5. The van der Waals surface area contributed by atoms with Crippen molar-refractivity contribution in [1.82, 2.24) is 0 Å². The summed E-state index contributed by atoms with van der Waals surface area (Å²) in [6.45, 7) is 13.6. The zero-order valence-electron chi connectivity index (χ0n) is 44.3. The summed E-state index contributed by atoms with van der Waals surface area (Å²) < 4.78 is 55.4. The fourth-order valence-electron chi connectivity index (χ4n) is 15.1. The van der Waals surface area contributed by atoms with Gasteiger partial charge in [-0.3, -0.25) is 4.79 Å². The van der Waals surface area contributed by atoms with Crippen molar-refractivity contribution in [2.24, 2.45) is 50.2 Å². The average molecular weight is 1040 g/mol. The number of esters is 4. The number of methoxy groups -OCH3 is 4. The van der Waals surface area contributed by atoms with E-state index in [-0.39, 0.29) is 39.4 Å². The van der Waals surface area contributed by atoms with E-state index in [1.165, 1.54) is 12.7 Å². The van der Waals surface area contributed by atoms with Gasteiger partial charge < -0.3 is 83.1 Å². The molecule has 2 aliphatic heterocycles. The Labute approximate surface area is 427 Å². The van der Waals surface area contributed by atoms with E-state index >= 15 is 0 Å². The molecule has 7 rings (SSSR count). The van der Waals surface area contributed by atoms with Crippen molar-refractivity contribution < 1.29 is 102 Å². The van der Waals surface area contributed by atoms with Gasteiger partial charge in [0, 0.05) is 7.11 Å². The van der Waals surface area contributed by atoms with E-state index in [1.54, 1.807) is 0 Å². The Bertz CT molecular complexity index is 2060. The second-order valence-electron chi connectivity index (χ2n) is 24.1. The number of hydrogen-bond donors (Lipinski definition) is 7. The minimum Gasteiger partial charge on any atom is -0.467 e. The number of ether oxygens (including phenoxy) is 10. The molecule has 0 unspecified atom stereocenters. The van der Waals surface area contributed by atoms with E-state index in [1.807, 2.05) is 0 Å². The highest BCUT2D eigenvalue weighted by Crippen LogP contribution is 2.76. The predicted molar refractivity (Wildman–Crippen MR) is 252 cm³/mol. The lowest BCUT2D eigenvalue weighted by atomic mass is 9.33. The maximum atomic E-state index is 14.7. The summed E-state index contributed by atoms with van der Waals surface area (Å²) in [4.78, 5) is 53.2. The number of carbonyl (C=O) groups is 4. The molecule has 0 radical (unpaired) electrons. The van der Waals surface area contributed by atoms with Crippen molar-refractivity contribution in [3.05, 3.63) is 11.6 Å². The first-order valence-corrected chi connectivity index (χ1v) is 25.7. The Morgan fingerprint density at radius 3 is 2.08 bits per heavy atom. The summed E-state index contributed by atoms with van der Waals surface area (Å²) >= 11 is 0. The van der Waals surface area contributed by atoms with E-state index in [2.05, 4.69) is 59.3 Å². The van der Waals surface area contributed by atoms with Gasteiger partial charge in [-0.2, -0.15) is 0 Å². The zero-order chi connectivity index (χ0) is 54.0. The molecule has 21 nitrogen and oxygen atoms in total. The van der Waals surface area contributed by atoms with Gasteiger partial charge in [0.05, 0.1) is 46.1 Å². The molecule has 0 aromatic rings. The summed E-state index contributed by atoms with van der Waals surface area (Å²) in [6.07, 6.45) is -10.3. The standard InChI is InChI=1S/C52H82O21/c1-46(2)18-20-51(43(61)73-41-35(57)34(56)33(55)28(23-53)69-41)21-19-49(6)26(27(51)22-46)12-13-30-48(5)16-15-31(47(3,4)29(48)14-17-50(30,49)7)70-42-37(59)38(36(58)39(71-42)40(60)66-10)72-45(68-24-32(54)65-9)52(63,25-64-8)44(62)67-11/h12,27-31,33-39,41-42,45,53,55-59,63H,13-25H2,1-11H3/t27-,28+,29-,30+,31-,33+,34-,35+,36-,37+,38-,39-,41-,42+,45+,48-,49+,50+,51-,52+/m0/s1. The van der Waals surface area contributed by atoms with Crippen LogP contribution in [0.25, 0.3) is 0 Å². The van der Waals surface area contributed by atoms with Crippen LogP contribution in [-0.4, -0.2) is 187 Å². The van der Waals surface area contributed by atoms with Crippen molar-refractivity contribution in [2.45, 2.75) is 192 Å². The van der Waals surface area contributed by atoms with Crippen molar-refractivity contribution >= 4 is 23.9 Å². The van der Waals surface area contributed by atoms with Gasteiger partial charge in [0.2, 0.25) is 18.2 Å². The van der Waals surface area contributed by atoms with Crippen LogP contribution in [0.15, 0.2) is 11.6 Å². The molecule has 2 heterocycles. The third-order valence-electron chi connectivity index (χ3n) is 19.5. The van der Waals surface area contributed by atoms with Gasteiger partial charge in [-0.15, -0.1) is 0 Å². The Hall–Kier alpha value is -2.90. The molecular formula is C52H82O21. The van der Waals surface area contributed by atoms with Crippen LogP contribution >= 0.6 is 0 Å². The predicted octanol–water partition coefficient (Wildman–Crippen LogP) is 1.59. The Kier molecular flexibility index (Phi) is 16.7. The molecule has 0 aromatic carbocycles. The van der Waals surface area contributed by atoms with Crippen molar-refractivity contribution in [3.63, 3.8) is 0 Å². The fraction of sp³-hybridized carbons (Fsp3) is 0.885. The highest BCUT2D eigenvalue weighted by atomic mass is 16.7. The molecule has 0 spiro atoms. The zero-order valence-corrected chi connectivity index (χ0v) is 44.3. The maximum Gasteiger partial charge on any atom is 0.345 e. The molecule has 7 N–H and O–H groups in total. The second-order valence-corrected chi connectivity index (χ2v) is 24.1. The molecule has 2 saturated heterocycles. The summed E-state index contributed by atoms with van der Waals surface area (Å²) in [5.74, 6) is -3.66. The Morgan fingerprint density at radius 2 is 1.45 bits per heavy atom. The van der Waals surface area contributed by atoms with Gasteiger partial charge in [-0.25, -0.2) is 14.4 Å². The number of aliphatic hydroxyl groups is 7. The van der Waals surface area contributed by atoms with Crippen LogP contribution in [0.3, 0.4) is 0 Å². The normalized spacial score (nSPS) is 44.0. The molecule has 6 fully saturated rings. The quantitative estimate of drug-likeness (QED) is 0.0403. The molecule has 21 heteroatoms. The number of rotatable bonds is 15. The third kappa shape index (κ3) is 9.70. The molecular weight excluding hydrogens is 961 g/mol. The van der Waals surface area contributed by atoms with E-state index in [4.69, 9.17) is 42.6 Å². The summed E-state index contributed by atoms with van der Waals surface area (Å²) in [5.41, 5.74) is -3.85. The Morgan fingerprint density at radius 1 is 0.767 bits per heavy atom. The number of aliphatic hydroxyl groups excluding tert-OH is 6. The summed E-state index contributed by atoms with van der Waals surface area (Å²) in [7, 11) is 4.32. The van der Waals surface area contributed by atoms with Gasteiger partial charge in [0.15, 0.2) is 12.4 Å². The first kappa shape index (κ1) is 57.8. The molecule has 0 amide bonds. The highest BCUT2D eigenvalue weighted by molar-refractivity contribution is 5.80.